The number of allylic oxidation sites excluding steroid dienone is 2. The summed E-state index contributed by atoms with van der Waals surface area (Å²) in [6, 6.07) is 14.4. The Morgan fingerprint density at radius 2 is 1.90 bits per heavy atom. The molecule has 30 heavy (non-hydrogen) atoms. The quantitative estimate of drug-likeness (QED) is 0.599. The SMILES string of the molecule is Cc1ccc([C@@H]2C3=C(CCCC3=O)Nc3nc(SCc4ccc(F)cc4)nn32)cc1. The Morgan fingerprint density at radius 3 is 2.67 bits per heavy atom. The summed E-state index contributed by atoms with van der Waals surface area (Å²) in [6.07, 6.45) is 2.26. The molecular formula is C23H21FN4OS. The van der Waals surface area contributed by atoms with Gasteiger partial charge in [-0.1, -0.05) is 53.7 Å². The predicted molar refractivity (Wildman–Crippen MR) is 115 cm³/mol. The van der Waals surface area contributed by atoms with Crippen LogP contribution in [0.3, 0.4) is 0 Å². The third kappa shape index (κ3) is 3.54. The Bertz CT molecular complexity index is 1140. The number of fused-ring (bicyclic) bond motifs is 1. The number of hydrogen-bond donors (Lipinski definition) is 1. The lowest BCUT2D eigenvalue weighted by Crippen LogP contribution is -2.31. The lowest BCUT2D eigenvalue weighted by molar-refractivity contribution is -0.116. The van der Waals surface area contributed by atoms with E-state index in [9.17, 15) is 9.18 Å². The van der Waals surface area contributed by atoms with Gasteiger partial charge < -0.3 is 5.32 Å². The molecule has 1 aromatic heterocycles. The first kappa shape index (κ1) is 19.1. The van der Waals surface area contributed by atoms with Crippen molar-refractivity contribution in [2.75, 3.05) is 5.32 Å². The van der Waals surface area contributed by atoms with Gasteiger partial charge in [0.15, 0.2) is 5.78 Å². The van der Waals surface area contributed by atoms with Gasteiger partial charge in [0.05, 0.1) is 0 Å². The van der Waals surface area contributed by atoms with E-state index in [1.54, 1.807) is 12.1 Å². The van der Waals surface area contributed by atoms with Gasteiger partial charge >= 0.3 is 0 Å². The monoisotopic (exact) mass is 420 g/mol. The lowest BCUT2D eigenvalue weighted by Gasteiger charge is -2.32. The molecule has 0 spiro atoms. The van der Waals surface area contributed by atoms with Gasteiger partial charge in [0.1, 0.15) is 11.9 Å². The van der Waals surface area contributed by atoms with E-state index in [1.807, 2.05) is 11.6 Å². The Labute approximate surface area is 178 Å². The highest BCUT2D eigenvalue weighted by molar-refractivity contribution is 7.98. The summed E-state index contributed by atoms with van der Waals surface area (Å²) < 4.78 is 15.0. The molecule has 0 bridgehead atoms. The van der Waals surface area contributed by atoms with Gasteiger partial charge in [-0.15, -0.1) is 5.10 Å². The molecule has 152 valence electrons. The Morgan fingerprint density at radius 1 is 1.13 bits per heavy atom. The first-order valence-corrected chi connectivity index (χ1v) is 11.0. The van der Waals surface area contributed by atoms with Crippen molar-refractivity contribution in [3.63, 3.8) is 0 Å². The molecular weight excluding hydrogens is 399 g/mol. The highest BCUT2D eigenvalue weighted by Crippen LogP contribution is 2.40. The third-order valence-corrected chi connectivity index (χ3v) is 6.43. The van der Waals surface area contributed by atoms with Gasteiger partial charge in [0.2, 0.25) is 11.1 Å². The van der Waals surface area contributed by atoms with Gasteiger partial charge in [-0.3, -0.25) is 4.79 Å². The second-order valence-electron chi connectivity index (χ2n) is 7.68. The van der Waals surface area contributed by atoms with E-state index in [-0.39, 0.29) is 17.6 Å². The molecule has 3 aromatic rings. The summed E-state index contributed by atoms with van der Waals surface area (Å²) in [4.78, 5) is 17.5. The second kappa shape index (κ2) is 7.72. The van der Waals surface area contributed by atoms with E-state index >= 15 is 0 Å². The maximum Gasteiger partial charge on any atom is 0.227 e. The third-order valence-electron chi connectivity index (χ3n) is 5.52. The number of carbonyl (C=O) groups excluding carboxylic acids is 1. The van der Waals surface area contributed by atoms with Crippen molar-refractivity contribution in [3.8, 4) is 0 Å². The molecule has 1 atom stereocenters. The van der Waals surface area contributed by atoms with E-state index < -0.39 is 0 Å². The topological polar surface area (TPSA) is 59.8 Å². The van der Waals surface area contributed by atoms with Crippen LogP contribution in [-0.4, -0.2) is 20.5 Å². The Balaban J connectivity index is 1.49. The molecule has 0 radical (unpaired) electrons. The molecule has 1 aliphatic carbocycles. The van der Waals surface area contributed by atoms with Crippen molar-refractivity contribution in [2.45, 2.75) is 43.1 Å². The summed E-state index contributed by atoms with van der Waals surface area (Å²) in [5.74, 6) is 1.24. The van der Waals surface area contributed by atoms with Crippen molar-refractivity contribution in [1.29, 1.82) is 0 Å². The van der Waals surface area contributed by atoms with E-state index in [1.165, 1.54) is 29.5 Å². The van der Waals surface area contributed by atoms with Gasteiger partial charge in [-0.25, -0.2) is 9.07 Å². The van der Waals surface area contributed by atoms with Crippen LogP contribution in [-0.2, 0) is 10.5 Å². The molecule has 2 aromatic carbocycles. The van der Waals surface area contributed by atoms with Crippen molar-refractivity contribution in [1.82, 2.24) is 14.8 Å². The molecule has 1 N–H and O–H groups in total. The van der Waals surface area contributed by atoms with E-state index in [0.29, 0.717) is 23.3 Å². The fourth-order valence-electron chi connectivity index (χ4n) is 3.98. The number of nitrogens with zero attached hydrogens (tertiary/aromatic N) is 3. The van der Waals surface area contributed by atoms with Crippen molar-refractivity contribution < 1.29 is 9.18 Å². The number of aromatic nitrogens is 3. The van der Waals surface area contributed by atoms with Crippen LogP contribution in [0.4, 0.5) is 10.3 Å². The number of hydrogen-bond acceptors (Lipinski definition) is 5. The molecule has 1 aliphatic heterocycles. The van der Waals surface area contributed by atoms with Crippen LogP contribution in [0.2, 0.25) is 0 Å². The molecule has 2 aliphatic rings. The zero-order chi connectivity index (χ0) is 20.7. The largest absolute Gasteiger partial charge is 0.328 e. The van der Waals surface area contributed by atoms with Crippen molar-refractivity contribution >= 4 is 23.5 Å². The lowest BCUT2D eigenvalue weighted by atomic mass is 9.85. The normalized spacial score (nSPS) is 18.1. The number of anilines is 1. The zero-order valence-corrected chi connectivity index (χ0v) is 17.4. The number of halogens is 1. The van der Waals surface area contributed by atoms with E-state index in [4.69, 9.17) is 5.10 Å². The molecule has 0 saturated carbocycles. The number of thioether (sulfide) groups is 1. The summed E-state index contributed by atoms with van der Waals surface area (Å²) in [7, 11) is 0. The fourth-order valence-corrected chi connectivity index (χ4v) is 4.77. The molecule has 5 nitrogen and oxygen atoms in total. The maximum absolute atomic E-state index is 13.1. The number of rotatable bonds is 4. The van der Waals surface area contributed by atoms with Crippen molar-refractivity contribution in [2.24, 2.45) is 0 Å². The molecule has 2 heterocycles. The number of ketones is 1. The molecule has 7 heteroatoms. The highest BCUT2D eigenvalue weighted by atomic mass is 32.2. The first-order valence-electron chi connectivity index (χ1n) is 10.0. The predicted octanol–water partition coefficient (Wildman–Crippen LogP) is 5.04. The minimum atomic E-state index is -0.266. The standard InChI is InChI=1S/C23H21FN4OS/c1-14-5-9-16(10-6-14)21-20-18(3-2-4-19(20)29)25-22-26-23(27-28(21)22)30-13-15-7-11-17(24)12-8-15/h5-12,21H,2-4,13H2,1H3,(H,25,26,27)/t21-/m1/s1. The van der Waals surface area contributed by atoms with Crippen molar-refractivity contribution in [3.05, 3.63) is 82.3 Å². The van der Waals surface area contributed by atoms with Crippen LogP contribution in [0.5, 0.6) is 0 Å². The molecule has 5 rings (SSSR count). The van der Waals surface area contributed by atoms with Gasteiger partial charge in [-0.05, 0) is 43.0 Å². The number of Topliss-reactive ketones (excluding diaryl/α,β-unsaturated/α-hetero) is 1. The Hall–Kier alpha value is -2.93. The van der Waals surface area contributed by atoms with E-state index in [2.05, 4.69) is 34.6 Å². The Kier molecular flexibility index (Phi) is 4.90. The summed E-state index contributed by atoms with van der Waals surface area (Å²) in [6.45, 7) is 2.05. The summed E-state index contributed by atoms with van der Waals surface area (Å²) in [5, 5.41) is 8.72. The maximum atomic E-state index is 13.1. The number of carbonyl (C=O) groups is 1. The van der Waals surface area contributed by atoms with Crippen LogP contribution in [0.1, 0.15) is 42.0 Å². The molecule has 0 unspecified atom stereocenters. The minimum absolute atomic E-state index is 0.177. The summed E-state index contributed by atoms with van der Waals surface area (Å²) >= 11 is 1.50. The van der Waals surface area contributed by atoms with Gasteiger partial charge in [-0.2, -0.15) is 4.98 Å². The van der Waals surface area contributed by atoms with Crippen LogP contribution in [0, 0.1) is 12.7 Å². The molecule has 0 saturated heterocycles. The smallest absolute Gasteiger partial charge is 0.227 e. The fraction of sp³-hybridized carbons (Fsp3) is 0.261. The van der Waals surface area contributed by atoms with Gasteiger partial charge in [0.25, 0.3) is 0 Å². The van der Waals surface area contributed by atoms with Gasteiger partial charge in [0, 0.05) is 23.4 Å². The number of benzene rings is 2. The van der Waals surface area contributed by atoms with E-state index in [0.717, 1.165) is 35.2 Å². The average Bonchev–Trinajstić information content (AvgIpc) is 3.15. The zero-order valence-electron chi connectivity index (χ0n) is 16.6. The van der Waals surface area contributed by atoms with Crippen LogP contribution in [0.25, 0.3) is 0 Å². The average molecular weight is 421 g/mol. The number of aryl methyl sites for hydroxylation is 1. The van der Waals surface area contributed by atoms with Crippen LogP contribution < -0.4 is 5.32 Å². The molecule has 0 amide bonds. The highest BCUT2D eigenvalue weighted by Gasteiger charge is 2.36. The number of nitrogens with one attached hydrogen (secondary N) is 1. The summed E-state index contributed by atoms with van der Waals surface area (Å²) in [5.41, 5.74) is 4.98. The second-order valence-corrected chi connectivity index (χ2v) is 8.63. The van der Waals surface area contributed by atoms with Crippen LogP contribution >= 0.6 is 11.8 Å². The first-order chi connectivity index (χ1) is 14.6. The molecule has 0 fully saturated rings. The minimum Gasteiger partial charge on any atom is -0.328 e. The van der Waals surface area contributed by atoms with Crippen LogP contribution in [0.15, 0.2) is 65.0 Å².